The van der Waals surface area contributed by atoms with Crippen molar-refractivity contribution in [3.05, 3.63) is 23.7 Å². The molecule has 112 valence electrons. The maximum absolute atomic E-state index is 12.1. The second-order valence-electron chi connectivity index (χ2n) is 5.18. The van der Waals surface area contributed by atoms with Crippen LogP contribution in [0.4, 0.5) is 4.79 Å². The molecule has 0 saturated heterocycles. The van der Waals surface area contributed by atoms with E-state index in [1.165, 1.54) is 11.8 Å². The Hall–Kier alpha value is -1.98. The Morgan fingerprint density at radius 3 is 2.60 bits per heavy atom. The fraction of sp³-hybridized carbons (Fsp3) is 0.571. The zero-order chi connectivity index (χ0) is 15.3. The van der Waals surface area contributed by atoms with Gasteiger partial charge in [-0.3, -0.25) is 0 Å². The fourth-order valence-corrected chi connectivity index (χ4v) is 1.96. The summed E-state index contributed by atoms with van der Waals surface area (Å²) in [5, 5.41) is 11.8. The fourth-order valence-electron chi connectivity index (χ4n) is 1.96. The summed E-state index contributed by atoms with van der Waals surface area (Å²) in [5.41, 5.74) is -0.346. The minimum Gasteiger partial charge on any atom is -0.480 e. The lowest BCUT2D eigenvalue weighted by Crippen LogP contribution is -2.55. The van der Waals surface area contributed by atoms with Gasteiger partial charge in [0, 0.05) is 12.6 Å². The van der Waals surface area contributed by atoms with Crippen molar-refractivity contribution in [1.82, 2.24) is 10.2 Å². The second-order valence-corrected chi connectivity index (χ2v) is 5.18. The highest BCUT2D eigenvalue weighted by molar-refractivity contribution is 5.85. The first-order valence-corrected chi connectivity index (χ1v) is 6.59. The summed E-state index contributed by atoms with van der Waals surface area (Å²) in [4.78, 5) is 24.8. The van der Waals surface area contributed by atoms with E-state index in [2.05, 4.69) is 5.32 Å². The third kappa shape index (κ3) is 3.76. The molecule has 0 bridgehead atoms. The van der Waals surface area contributed by atoms with E-state index in [0.717, 1.165) is 11.3 Å². The van der Waals surface area contributed by atoms with Gasteiger partial charge in [0.25, 0.3) is 0 Å². The first kappa shape index (κ1) is 16.1. The number of rotatable bonds is 6. The number of nitrogens with one attached hydrogen (secondary N) is 1. The molecule has 6 heteroatoms. The predicted molar refractivity (Wildman–Crippen MR) is 74.4 cm³/mol. The van der Waals surface area contributed by atoms with Gasteiger partial charge >= 0.3 is 12.0 Å². The van der Waals surface area contributed by atoms with Gasteiger partial charge in [0.05, 0.1) is 12.8 Å². The van der Waals surface area contributed by atoms with Crippen LogP contribution in [0.25, 0.3) is 0 Å². The second kappa shape index (κ2) is 6.45. The third-order valence-electron chi connectivity index (χ3n) is 3.33. The van der Waals surface area contributed by atoms with E-state index in [1.807, 2.05) is 13.8 Å². The molecule has 0 radical (unpaired) electrons. The molecule has 0 spiro atoms. The summed E-state index contributed by atoms with van der Waals surface area (Å²) >= 11 is 0. The van der Waals surface area contributed by atoms with Gasteiger partial charge in [-0.2, -0.15) is 0 Å². The van der Waals surface area contributed by atoms with E-state index in [0.29, 0.717) is 19.4 Å². The quantitative estimate of drug-likeness (QED) is 0.839. The number of carbonyl (C=O) groups is 2. The zero-order valence-corrected chi connectivity index (χ0v) is 12.4. The first-order valence-electron chi connectivity index (χ1n) is 6.59. The highest BCUT2D eigenvalue weighted by Gasteiger charge is 2.34. The maximum Gasteiger partial charge on any atom is 0.329 e. The molecule has 1 aromatic heterocycles. The van der Waals surface area contributed by atoms with Crippen LogP contribution < -0.4 is 5.32 Å². The molecular formula is C14H22N2O4. The molecule has 2 amide bonds. The number of hydrogen-bond acceptors (Lipinski definition) is 3. The van der Waals surface area contributed by atoms with Gasteiger partial charge in [-0.15, -0.1) is 0 Å². The van der Waals surface area contributed by atoms with Crippen LogP contribution in [0.2, 0.25) is 0 Å². The number of amides is 2. The Morgan fingerprint density at radius 1 is 1.50 bits per heavy atom. The molecule has 20 heavy (non-hydrogen) atoms. The van der Waals surface area contributed by atoms with Crippen LogP contribution in [0, 0.1) is 6.92 Å². The molecule has 0 aliphatic carbocycles. The summed E-state index contributed by atoms with van der Waals surface area (Å²) in [5.74, 6) is -0.278. The molecule has 1 unspecified atom stereocenters. The number of hydrogen-bond donors (Lipinski definition) is 2. The highest BCUT2D eigenvalue weighted by Crippen LogP contribution is 2.15. The van der Waals surface area contributed by atoms with Crippen molar-refractivity contribution in [3.8, 4) is 0 Å². The van der Waals surface area contributed by atoms with Crippen molar-refractivity contribution in [2.75, 3.05) is 7.05 Å². The van der Waals surface area contributed by atoms with Gasteiger partial charge < -0.3 is 19.7 Å². The summed E-state index contributed by atoms with van der Waals surface area (Å²) in [6.07, 6.45) is 2.62. The number of nitrogens with zero attached hydrogens (tertiary/aromatic N) is 1. The van der Waals surface area contributed by atoms with Gasteiger partial charge in [-0.05, 0) is 26.3 Å². The Kier molecular flexibility index (Phi) is 5.19. The number of aliphatic carboxylic acids is 1. The number of carbonyl (C=O) groups excluding carboxylic acids is 1. The molecular weight excluding hydrogens is 260 g/mol. The molecule has 1 rings (SSSR count). The van der Waals surface area contributed by atoms with E-state index >= 15 is 0 Å². The summed E-state index contributed by atoms with van der Waals surface area (Å²) in [6, 6.07) is 1.38. The van der Waals surface area contributed by atoms with Gasteiger partial charge in [0.1, 0.15) is 11.3 Å². The lowest BCUT2D eigenvalue weighted by atomic mass is 9.96. The number of urea groups is 1. The lowest BCUT2D eigenvalue weighted by molar-refractivity contribution is -0.144. The molecule has 1 atom stereocenters. The normalized spacial score (nSPS) is 13.6. The van der Waals surface area contributed by atoms with Crippen LogP contribution in [0.1, 0.15) is 38.0 Å². The standard InChI is InChI=1S/C14H22N2O4/c1-5-7-14(3,12(17)18)15-13(19)16(4)9-11-6-8-20-10(11)2/h6,8H,5,7,9H2,1-4H3,(H,15,19)(H,17,18). The smallest absolute Gasteiger partial charge is 0.329 e. The van der Waals surface area contributed by atoms with Gasteiger partial charge in [-0.25, -0.2) is 9.59 Å². The third-order valence-corrected chi connectivity index (χ3v) is 3.33. The lowest BCUT2D eigenvalue weighted by Gasteiger charge is -2.28. The number of furan rings is 1. The van der Waals surface area contributed by atoms with Crippen molar-refractivity contribution >= 4 is 12.0 Å². The van der Waals surface area contributed by atoms with Crippen LogP contribution >= 0.6 is 0 Å². The minimum absolute atomic E-state index is 0.371. The molecule has 2 N–H and O–H groups in total. The largest absolute Gasteiger partial charge is 0.480 e. The minimum atomic E-state index is -1.24. The van der Waals surface area contributed by atoms with Crippen LogP contribution in [0.3, 0.4) is 0 Å². The molecule has 0 saturated carbocycles. The van der Waals surface area contributed by atoms with Crippen molar-refractivity contribution in [2.24, 2.45) is 0 Å². The van der Waals surface area contributed by atoms with E-state index < -0.39 is 17.5 Å². The Morgan fingerprint density at radius 2 is 2.15 bits per heavy atom. The molecule has 6 nitrogen and oxygen atoms in total. The van der Waals surface area contributed by atoms with Crippen molar-refractivity contribution < 1.29 is 19.1 Å². The van der Waals surface area contributed by atoms with E-state index in [9.17, 15) is 14.7 Å². The first-order chi connectivity index (χ1) is 9.30. The molecule has 0 fully saturated rings. The Balaban J connectivity index is 2.69. The Labute approximate surface area is 118 Å². The molecule has 0 aliphatic heterocycles. The average molecular weight is 282 g/mol. The highest BCUT2D eigenvalue weighted by atomic mass is 16.4. The van der Waals surface area contributed by atoms with E-state index in [-0.39, 0.29) is 0 Å². The van der Waals surface area contributed by atoms with Crippen molar-refractivity contribution in [3.63, 3.8) is 0 Å². The van der Waals surface area contributed by atoms with Crippen LogP contribution in [-0.2, 0) is 11.3 Å². The van der Waals surface area contributed by atoms with Crippen LogP contribution in [0.5, 0.6) is 0 Å². The van der Waals surface area contributed by atoms with Crippen molar-refractivity contribution in [1.29, 1.82) is 0 Å². The van der Waals surface area contributed by atoms with Gasteiger partial charge in [-0.1, -0.05) is 13.3 Å². The molecule has 0 aliphatic rings. The molecule has 1 heterocycles. The number of aryl methyl sites for hydroxylation is 1. The van der Waals surface area contributed by atoms with Crippen LogP contribution in [-0.4, -0.2) is 34.6 Å². The SMILES string of the molecule is CCCC(C)(NC(=O)N(C)Cc1ccoc1C)C(=O)O. The van der Waals surface area contributed by atoms with Crippen LogP contribution in [0.15, 0.2) is 16.7 Å². The maximum atomic E-state index is 12.1. The number of carboxylic acid groups (broad SMARTS) is 1. The molecule has 0 aromatic carbocycles. The van der Waals surface area contributed by atoms with E-state index in [1.54, 1.807) is 19.4 Å². The predicted octanol–water partition coefficient (Wildman–Crippen LogP) is 2.37. The van der Waals surface area contributed by atoms with Gasteiger partial charge in [0.15, 0.2) is 0 Å². The summed E-state index contributed by atoms with van der Waals surface area (Å²) < 4.78 is 5.17. The topological polar surface area (TPSA) is 82.8 Å². The monoisotopic (exact) mass is 282 g/mol. The number of carboxylic acids is 1. The average Bonchev–Trinajstić information content (AvgIpc) is 2.75. The Bertz CT molecular complexity index is 483. The summed E-state index contributed by atoms with van der Waals surface area (Å²) in [6.45, 7) is 5.59. The molecule has 1 aromatic rings. The van der Waals surface area contributed by atoms with E-state index in [4.69, 9.17) is 4.42 Å². The summed E-state index contributed by atoms with van der Waals surface area (Å²) in [7, 11) is 1.62. The zero-order valence-electron chi connectivity index (χ0n) is 12.4. The van der Waals surface area contributed by atoms with Crippen molar-refractivity contribution in [2.45, 2.75) is 45.7 Å². The van der Waals surface area contributed by atoms with Gasteiger partial charge in [0.2, 0.25) is 0 Å².